The molecule has 0 spiro atoms. The summed E-state index contributed by atoms with van der Waals surface area (Å²) < 4.78 is 0. The van der Waals surface area contributed by atoms with E-state index in [0.717, 1.165) is 0 Å². The standard InChI is InChI=1S/C92H143N21O23/c1-10-52(8)77(92(135)136)112-75(119)48-100-80(123)62(22-14-17-39-94)101-87(130)70(44-54-24-28-57(115)29-25-54)109-81(124)63(23-15-18-40-95)102-85(128)67(41-49(2)3)107-83(126)65(33-36-74(98)118)104-88(131)71(45-55-26-30-58(116)31-27-55)110-86(129)68(42-50(4)5)108-84(127)66(34-37-76(120)121)103-82(125)64(32-35-73(97)117)105-89(132)72(46-56-47-99-61-21-12-11-19-59(56)61)111-91(134)78(53(9)114)113-90(133)69(43-51(6)7)106-79(122)60(96)20-13-16-38-93/h11-12,19,21,24-31,47,49-53,60,62-72,77-78,99,114-116H,10,13-18,20,22-23,32-46,48,93-96H2,1-9H3,(H2,97,117)(H2,98,118)(H,100,123)(H,101,130)(H,102,128)(H,103,125)(H,104,131)(H,105,132)(H,106,122)(H,107,126)(H,108,127)(H,109,124)(H,110,129)(H,111,134)(H,112,119)(H,113,133)(H,120,121)(H,135,136)/t52-,53+,60-,62-,63-,64-,65-,66-,67-,68-,69-,70-,71-,72-,77-,78-/m0/s1. The van der Waals surface area contributed by atoms with Crippen molar-refractivity contribution in [1.29, 1.82) is 0 Å². The van der Waals surface area contributed by atoms with Crippen LogP contribution in [0.5, 0.6) is 11.5 Å². The molecule has 44 heteroatoms. The van der Waals surface area contributed by atoms with Gasteiger partial charge in [0.2, 0.25) is 94.5 Å². The maximum absolute atomic E-state index is 15.1. The van der Waals surface area contributed by atoms with Crippen LogP contribution in [0.25, 0.3) is 10.9 Å². The minimum Gasteiger partial charge on any atom is -0.508 e. The van der Waals surface area contributed by atoms with Gasteiger partial charge in [-0.05, 0) is 187 Å². The molecule has 0 aliphatic heterocycles. The molecule has 0 saturated heterocycles. The minimum atomic E-state index is -1.89. The van der Waals surface area contributed by atoms with E-state index in [-0.39, 0.29) is 93.9 Å². The molecule has 0 fully saturated rings. The first-order valence-corrected chi connectivity index (χ1v) is 46.2. The lowest BCUT2D eigenvalue weighted by molar-refractivity contribution is -0.143. The molecule has 16 atom stereocenters. The Hall–Kier alpha value is -12.9. The monoisotopic (exact) mass is 1910 g/mol. The van der Waals surface area contributed by atoms with Crippen molar-refractivity contribution in [3.8, 4) is 11.5 Å². The van der Waals surface area contributed by atoms with Crippen LogP contribution in [0.4, 0.5) is 0 Å². The topological polar surface area (TPSA) is 749 Å². The van der Waals surface area contributed by atoms with Crippen molar-refractivity contribution < 1.29 is 112 Å². The molecule has 0 saturated carbocycles. The third kappa shape index (κ3) is 41.9. The highest BCUT2D eigenvalue weighted by Crippen LogP contribution is 2.23. The molecule has 0 aliphatic rings. The molecule has 1 aromatic heterocycles. The van der Waals surface area contributed by atoms with Crippen LogP contribution >= 0.6 is 0 Å². The summed E-state index contributed by atoms with van der Waals surface area (Å²) in [5.74, 6) is -20.6. The first kappa shape index (κ1) is 115. The van der Waals surface area contributed by atoms with Crippen LogP contribution in [0.3, 0.4) is 0 Å². The van der Waals surface area contributed by atoms with Gasteiger partial charge in [-0.3, -0.25) is 81.5 Å². The molecular formula is C92H143N21O23. The normalized spacial score (nSPS) is 14.9. The van der Waals surface area contributed by atoms with Crippen molar-refractivity contribution in [3.63, 3.8) is 0 Å². The van der Waals surface area contributed by atoms with Crippen molar-refractivity contribution in [2.45, 2.75) is 294 Å². The summed E-state index contributed by atoms with van der Waals surface area (Å²) in [6, 6.07) is -4.18. The van der Waals surface area contributed by atoms with Crippen molar-refractivity contribution in [3.05, 3.63) is 95.7 Å². The molecule has 754 valence electrons. The smallest absolute Gasteiger partial charge is 0.326 e. The molecule has 32 N–H and O–H groups in total. The van der Waals surface area contributed by atoms with Crippen molar-refractivity contribution >= 4 is 117 Å². The van der Waals surface area contributed by atoms with Gasteiger partial charge in [0.05, 0.1) is 18.7 Å². The second-order valence-corrected chi connectivity index (χ2v) is 35.5. The molecule has 0 bridgehead atoms. The Labute approximate surface area is 790 Å². The molecule has 1 heterocycles. The van der Waals surface area contributed by atoms with Crippen LogP contribution in [0.1, 0.15) is 201 Å². The van der Waals surface area contributed by atoms with Crippen LogP contribution in [0, 0.1) is 23.7 Å². The number of carboxylic acid groups (broad SMARTS) is 2. The number of H-pyrrole nitrogens is 1. The number of aromatic amines is 1. The second-order valence-electron chi connectivity index (χ2n) is 35.5. The van der Waals surface area contributed by atoms with E-state index in [1.54, 1.807) is 85.9 Å². The van der Waals surface area contributed by atoms with E-state index in [4.69, 9.17) is 34.4 Å². The number of hydrogen-bond acceptors (Lipinski definition) is 25. The van der Waals surface area contributed by atoms with Crippen molar-refractivity contribution in [2.24, 2.45) is 58.1 Å². The number of aromatic nitrogens is 1. The number of para-hydroxylation sites is 1. The molecule has 3 aromatic carbocycles. The van der Waals surface area contributed by atoms with Crippen LogP contribution in [0.2, 0.25) is 0 Å². The Bertz CT molecular complexity index is 4630. The average Bonchev–Trinajstić information content (AvgIpc) is 1.65. The van der Waals surface area contributed by atoms with Crippen LogP contribution in [0.15, 0.2) is 79.0 Å². The molecule has 0 unspecified atom stereocenters. The number of primary amides is 2. The van der Waals surface area contributed by atoms with Gasteiger partial charge in [0, 0.05) is 55.6 Å². The number of hydrogen-bond donors (Lipinski definition) is 26. The van der Waals surface area contributed by atoms with E-state index in [9.17, 15) is 102 Å². The van der Waals surface area contributed by atoms with E-state index in [1.807, 2.05) is 0 Å². The number of benzene rings is 3. The number of carbonyl (C=O) groups is 18. The zero-order chi connectivity index (χ0) is 102. The highest BCUT2D eigenvalue weighted by Gasteiger charge is 2.40. The van der Waals surface area contributed by atoms with Gasteiger partial charge in [-0.1, -0.05) is 111 Å². The number of aromatic hydroxyl groups is 2. The van der Waals surface area contributed by atoms with Crippen LogP contribution < -0.4 is 109 Å². The molecule has 4 aromatic rings. The Balaban J connectivity index is 1.71. The fourth-order valence-electron chi connectivity index (χ4n) is 14.7. The SMILES string of the molecule is CC[C@H](C)[C@H](NC(=O)CNC(=O)[C@H](CCCCN)NC(=O)[C@H](Cc1ccc(O)cc1)NC(=O)[C@H](CCCCN)NC(=O)[C@H](CC(C)C)NC(=O)[C@H](CCC(N)=O)NC(=O)[C@H](Cc1ccc(O)cc1)NC(=O)[C@H](CC(C)C)NC(=O)[C@H](CCC(=O)O)NC(=O)[C@H](CCC(N)=O)NC(=O)[C@H](Cc1c[nH]c2ccccc12)NC(=O)[C@@H](NC(=O)[C@H](CC(C)C)NC(=O)[C@@H](N)CCCCN)[C@@H](C)O)C(=O)O. The summed E-state index contributed by atoms with van der Waals surface area (Å²) >= 11 is 0. The molecule has 44 nitrogen and oxygen atoms in total. The number of unbranched alkanes of at least 4 members (excludes halogenated alkanes) is 3. The zero-order valence-corrected chi connectivity index (χ0v) is 78.9. The zero-order valence-electron chi connectivity index (χ0n) is 78.9. The highest BCUT2D eigenvalue weighted by molar-refractivity contribution is 6.01. The van der Waals surface area contributed by atoms with E-state index >= 15 is 9.59 Å². The largest absolute Gasteiger partial charge is 0.508 e. The average molecular weight is 1910 g/mol. The number of nitrogens with two attached hydrogens (primary N) is 6. The van der Waals surface area contributed by atoms with Crippen molar-refractivity contribution in [2.75, 3.05) is 26.2 Å². The quantitative estimate of drug-likeness (QED) is 0.0208. The Morgan fingerprint density at radius 2 is 0.706 bits per heavy atom. The fraction of sp³-hybridized carbons (Fsp3) is 0.587. The molecule has 0 radical (unpaired) electrons. The van der Waals surface area contributed by atoms with E-state index < -0.39 is 266 Å². The van der Waals surface area contributed by atoms with Crippen LogP contribution in [-0.2, 0) is 106 Å². The number of carbonyl (C=O) groups excluding carboxylic acids is 16. The first-order chi connectivity index (χ1) is 64.3. The van der Waals surface area contributed by atoms with Crippen molar-refractivity contribution in [1.82, 2.24) is 79.4 Å². The first-order valence-electron chi connectivity index (χ1n) is 46.2. The van der Waals surface area contributed by atoms with Gasteiger partial charge < -0.3 is 139 Å². The second kappa shape index (κ2) is 59.7. The van der Waals surface area contributed by atoms with Gasteiger partial charge in [-0.25, -0.2) is 4.79 Å². The molecule has 16 amide bonds. The number of nitrogens with one attached hydrogen (secondary N) is 15. The lowest BCUT2D eigenvalue weighted by Gasteiger charge is -2.29. The maximum Gasteiger partial charge on any atom is 0.326 e. The highest BCUT2D eigenvalue weighted by atomic mass is 16.4. The molecule has 136 heavy (non-hydrogen) atoms. The molecule has 4 rings (SSSR count). The third-order valence-corrected chi connectivity index (χ3v) is 22.4. The van der Waals surface area contributed by atoms with E-state index in [1.165, 1.54) is 55.5 Å². The van der Waals surface area contributed by atoms with Gasteiger partial charge >= 0.3 is 11.9 Å². The fourth-order valence-corrected chi connectivity index (χ4v) is 14.7. The maximum atomic E-state index is 15.1. The number of fused-ring (bicyclic) bond motifs is 1. The molecule has 0 aliphatic carbocycles. The van der Waals surface area contributed by atoms with Gasteiger partial charge in [0.15, 0.2) is 0 Å². The summed E-state index contributed by atoms with van der Waals surface area (Å²) in [7, 11) is 0. The minimum absolute atomic E-state index is 0.0214. The van der Waals surface area contributed by atoms with E-state index in [0.29, 0.717) is 67.1 Å². The predicted molar refractivity (Wildman–Crippen MR) is 501 cm³/mol. The number of aliphatic hydroxyl groups excluding tert-OH is 1. The summed E-state index contributed by atoms with van der Waals surface area (Å²) in [4.78, 5) is 256. The lowest BCUT2D eigenvalue weighted by atomic mass is 9.99. The third-order valence-electron chi connectivity index (χ3n) is 22.4. The summed E-state index contributed by atoms with van der Waals surface area (Å²) in [6.45, 7) is 14.8. The van der Waals surface area contributed by atoms with Gasteiger partial charge in [0.25, 0.3) is 0 Å². The van der Waals surface area contributed by atoms with Gasteiger partial charge in [-0.2, -0.15) is 0 Å². The molecular weight excluding hydrogens is 1770 g/mol. The van der Waals surface area contributed by atoms with Gasteiger partial charge in [-0.15, -0.1) is 0 Å². The number of phenolic OH excluding ortho intramolecular Hbond substituents is 2. The van der Waals surface area contributed by atoms with Crippen LogP contribution in [-0.4, -0.2) is 254 Å². The summed E-state index contributed by atoms with van der Waals surface area (Å²) in [5, 5.41) is 87.9. The van der Waals surface area contributed by atoms with Gasteiger partial charge in [0.1, 0.15) is 90.0 Å². The Morgan fingerprint density at radius 3 is 1.09 bits per heavy atom. The lowest BCUT2D eigenvalue weighted by Crippen LogP contribution is -2.62. The number of carboxylic acids is 2. The Morgan fingerprint density at radius 1 is 0.368 bits per heavy atom. The summed E-state index contributed by atoms with van der Waals surface area (Å²) in [5.41, 5.74) is 36.4. The van der Waals surface area contributed by atoms with E-state index in [2.05, 4.69) is 79.4 Å². The number of rotatable bonds is 65. The predicted octanol–water partition coefficient (Wildman–Crippen LogP) is -2.21. The number of aliphatic hydroxyl groups is 1. The number of amides is 16. The number of phenols is 2. The summed E-state index contributed by atoms with van der Waals surface area (Å²) in [6.07, 6.45) is -2.50. The number of aliphatic carboxylic acids is 2. The Kier molecular flexibility index (Phi) is 50.7.